The predicted molar refractivity (Wildman–Crippen MR) is 76.1 cm³/mol. The SMILES string of the molecule is CC(C)(CCCBr)CNS(=O)(=O)N1CCOCC1. The highest BCUT2D eigenvalue weighted by Gasteiger charge is 2.26. The second-order valence-corrected chi connectivity index (χ2v) is 7.84. The number of rotatable bonds is 7. The third kappa shape index (κ3) is 5.52. The predicted octanol–water partition coefficient (Wildman–Crippen LogP) is 1.35. The summed E-state index contributed by atoms with van der Waals surface area (Å²) in [6.07, 6.45) is 2.04. The molecule has 1 rings (SSSR count). The fraction of sp³-hybridized carbons (Fsp3) is 1.00. The van der Waals surface area contributed by atoms with E-state index in [9.17, 15) is 8.42 Å². The zero-order chi connectivity index (χ0) is 13.6. The van der Waals surface area contributed by atoms with E-state index in [1.54, 1.807) is 0 Å². The zero-order valence-electron chi connectivity index (χ0n) is 11.1. The second kappa shape index (κ2) is 7.19. The highest BCUT2D eigenvalue weighted by atomic mass is 79.9. The normalized spacial score (nSPS) is 19.1. The van der Waals surface area contributed by atoms with Gasteiger partial charge < -0.3 is 4.74 Å². The lowest BCUT2D eigenvalue weighted by molar-refractivity contribution is 0.0723. The third-order valence-corrected chi connectivity index (χ3v) is 5.15. The van der Waals surface area contributed by atoms with Crippen molar-refractivity contribution in [3.63, 3.8) is 0 Å². The monoisotopic (exact) mass is 342 g/mol. The van der Waals surface area contributed by atoms with Crippen LogP contribution in [0.4, 0.5) is 0 Å². The van der Waals surface area contributed by atoms with Crippen molar-refractivity contribution in [2.45, 2.75) is 26.7 Å². The van der Waals surface area contributed by atoms with Gasteiger partial charge in [-0.05, 0) is 18.3 Å². The van der Waals surface area contributed by atoms with Crippen LogP contribution in [-0.2, 0) is 14.9 Å². The Morgan fingerprint density at radius 1 is 1.33 bits per heavy atom. The van der Waals surface area contributed by atoms with Crippen LogP contribution in [0.15, 0.2) is 0 Å². The topological polar surface area (TPSA) is 58.6 Å². The molecule has 0 aliphatic carbocycles. The summed E-state index contributed by atoms with van der Waals surface area (Å²) in [4.78, 5) is 0. The van der Waals surface area contributed by atoms with Crippen molar-refractivity contribution in [3.8, 4) is 0 Å². The Bertz CT molecular complexity index is 340. The summed E-state index contributed by atoms with van der Waals surface area (Å²) in [5.41, 5.74) is -0.0207. The van der Waals surface area contributed by atoms with Crippen molar-refractivity contribution in [2.75, 3.05) is 38.2 Å². The molecule has 0 aromatic carbocycles. The molecular weight excluding hydrogens is 320 g/mol. The van der Waals surface area contributed by atoms with E-state index in [2.05, 4.69) is 34.5 Å². The Hall–Kier alpha value is 0.310. The average molecular weight is 343 g/mol. The van der Waals surface area contributed by atoms with Gasteiger partial charge in [-0.3, -0.25) is 0 Å². The van der Waals surface area contributed by atoms with Crippen molar-refractivity contribution in [2.24, 2.45) is 5.41 Å². The molecule has 108 valence electrons. The van der Waals surface area contributed by atoms with Crippen molar-refractivity contribution in [1.29, 1.82) is 0 Å². The molecule has 1 N–H and O–H groups in total. The van der Waals surface area contributed by atoms with Gasteiger partial charge in [0.05, 0.1) is 13.2 Å². The minimum atomic E-state index is -3.35. The molecule has 0 unspecified atom stereocenters. The van der Waals surface area contributed by atoms with E-state index in [4.69, 9.17) is 4.74 Å². The molecule has 0 bridgehead atoms. The molecule has 1 aliphatic rings. The van der Waals surface area contributed by atoms with E-state index < -0.39 is 10.2 Å². The molecule has 0 atom stereocenters. The number of hydrogen-bond acceptors (Lipinski definition) is 3. The molecule has 0 radical (unpaired) electrons. The van der Waals surface area contributed by atoms with E-state index in [-0.39, 0.29) is 5.41 Å². The van der Waals surface area contributed by atoms with Crippen LogP contribution in [0.1, 0.15) is 26.7 Å². The maximum Gasteiger partial charge on any atom is 0.279 e. The summed E-state index contributed by atoms with van der Waals surface area (Å²) in [7, 11) is -3.35. The molecule has 5 nitrogen and oxygen atoms in total. The number of hydrogen-bond donors (Lipinski definition) is 1. The van der Waals surface area contributed by atoms with Gasteiger partial charge >= 0.3 is 0 Å². The first-order chi connectivity index (χ1) is 8.37. The lowest BCUT2D eigenvalue weighted by atomic mass is 9.88. The first-order valence-electron chi connectivity index (χ1n) is 6.26. The minimum Gasteiger partial charge on any atom is -0.379 e. The Labute approximate surface area is 119 Å². The van der Waals surface area contributed by atoms with Gasteiger partial charge in [0.1, 0.15) is 0 Å². The van der Waals surface area contributed by atoms with Gasteiger partial charge in [0.2, 0.25) is 0 Å². The fourth-order valence-corrected chi connectivity index (χ4v) is 3.46. The van der Waals surface area contributed by atoms with Crippen molar-refractivity contribution in [3.05, 3.63) is 0 Å². The Kier molecular flexibility index (Phi) is 6.54. The number of morpholine rings is 1. The van der Waals surface area contributed by atoms with Crippen LogP contribution in [0.5, 0.6) is 0 Å². The molecule has 18 heavy (non-hydrogen) atoms. The molecule has 1 heterocycles. The van der Waals surface area contributed by atoms with E-state index in [1.165, 1.54) is 4.31 Å². The first kappa shape index (κ1) is 16.4. The lowest BCUT2D eigenvalue weighted by Gasteiger charge is -2.29. The highest BCUT2D eigenvalue weighted by molar-refractivity contribution is 9.09. The van der Waals surface area contributed by atoms with Gasteiger partial charge in [0.25, 0.3) is 10.2 Å². The molecule has 1 aliphatic heterocycles. The summed E-state index contributed by atoms with van der Waals surface area (Å²) in [5.74, 6) is 0. The number of nitrogens with zero attached hydrogens (tertiary/aromatic N) is 1. The van der Waals surface area contributed by atoms with Gasteiger partial charge in [-0.2, -0.15) is 12.7 Å². The van der Waals surface area contributed by atoms with E-state index in [0.717, 1.165) is 18.2 Å². The van der Waals surface area contributed by atoms with E-state index >= 15 is 0 Å². The van der Waals surface area contributed by atoms with Crippen LogP contribution in [0.3, 0.4) is 0 Å². The quantitative estimate of drug-likeness (QED) is 0.710. The second-order valence-electron chi connectivity index (χ2n) is 5.29. The minimum absolute atomic E-state index is 0.0207. The molecule has 7 heteroatoms. The fourth-order valence-electron chi connectivity index (χ4n) is 1.80. The van der Waals surface area contributed by atoms with Crippen molar-refractivity contribution in [1.82, 2.24) is 9.03 Å². The standard InChI is InChI=1S/C11H23BrN2O3S/c1-11(2,4-3-5-12)10-13-18(15,16)14-6-8-17-9-7-14/h13H,3-10H2,1-2H3. The number of ether oxygens (including phenoxy) is 1. The molecule has 0 spiro atoms. The number of alkyl halides is 1. The van der Waals surface area contributed by atoms with Crippen LogP contribution in [-0.4, -0.2) is 50.9 Å². The molecule has 1 saturated heterocycles. The van der Waals surface area contributed by atoms with Crippen LogP contribution >= 0.6 is 15.9 Å². The molecular formula is C11H23BrN2O3S. The first-order valence-corrected chi connectivity index (χ1v) is 8.82. The number of nitrogens with one attached hydrogen (secondary N) is 1. The summed E-state index contributed by atoms with van der Waals surface area (Å²) in [5, 5.41) is 0.951. The average Bonchev–Trinajstić information content (AvgIpc) is 2.36. The van der Waals surface area contributed by atoms with Crippen molar-refractivity contribution < 1.29 is 13.2 Å². The van der Waals surface area contributed by atoms with Crippen LogP contribution < -0.4 is 4.72 Å². The maximum absolute atomic E-state index is 12.1. The smallest absolute Gasteiger partial charge is 0.279 e. The molecule has 0 aromatic heterocycles. The van der Waals surface area contributed by atoms with Crippen LogP contribution in [0.25, 0.3) is 0 Å². The Morgan fingerprint density at radius 2 is 1.94 bits per heavy atom. The lowest BCUT2D eigenvalue weighted by Crippen LogP contribution is -2.48. The van der Waals surface area contributed by atoms with Crippen LogP contribution in [0.2, 0.25) is 0 Å². The molecule has 0 aromatic rings. The summed E-state index contributed by atoms with van der Waals surface area (Å²) in [6, 6.07) is 0. The van der Waals surface area contributed by atoms with E-state index in [0.29, 0.717) is 32.8 Å². The summed E-state index contributed by atoms with van der Waals surface area (Å²) in [6.45, 7) is 6.48. The van der Waals surface area contributed by atoms with Gasteiger partial charge in [0.15, 0.2) is 0 Å². The van der Waals surface area contributed by atoms with Gasteiger partial charge in [-0.1, -0.05) is 29.8 Å². The summed E-state index contributed by atoms with van der Waals surface area (Å²) >= 11 is 3.39. The van der Waals surface area contributed by atoms with Gasteiger partial charge in [0, 0.05) is 25.0 Å². The maximum atomic E-state index is 12.1. The molecule has 0 saturated carbocycles. The van der Waals surface area contributed by atoms with E-state index in [1.807, 2.05) is 0 Å². The van der Waals surface area contributed by atoms with Gasteiger partial charge in [-0.25, -0.2) is 4.72 Å². The third-order valence-electron chi connectivity index (χ3n) is 3.03. The van der Waals surface area contributed by atoms with Crippen LogP contribution in [0, 0.1) is 5.41 Å². The Balaban J connectivity index is 2.45. The highest BCUT2D eigenvalue weighted by Crippen LogP contribution is 2.22. The van der Waals surface area contributed by atoms with Crippen molar-refractivity contribution >= 4 is 26.1 Å². The molecule has 1 fully saturated rings. The zero-order valence-corrected chi connectivity index (χ0v) is 13.5. The number of halogens is 1. The van der Waals surface area contributed by atoms with Gasteiger partial charge in [-0.15, -0.1) is 0 Å². The molecule has 0 amide bonds. The summed E-state index contributed by atoms with van der Waals surface area (Å²) < 4.78 is 33.4. The largest absolute Gasteiger partial charge is 0.379 e. The Morgan fingerprint density at radius 3 is 2.50 bits per heavy atom.